The molecule has 5 nitrogen and oxygen atoms in total. The van der Waals surface area contributed by atoms with Crippen LogP contribution in [0.5, 0.6) is 0 Å². The molecular weight excluding hydrogens is 370 g/mol. The Hall–Kier alpha value is -0.850. The van der Waals surface area contributed by atoms with E-state index in [1.165, 1.54) is 17.4 Å². The number of anilines is 1. The number of piperidine rings is 1. The number of aryl methyl sites for hydroxylation is 1. The molecule has 0 radical (unpaired) electrons. The van der Waals surface area contributed by atoms with Crippen LogP contribution in [0.3, 0.4) is 0 Å². The molecule has 1 fully saturated rings. The van der Waals surface area contributed by atoms with Crippen molar-refractivity contribution in [2.75, 3.05) is 18.4 Å². The monoisotopic (exact) mass is 391 g/mol. The summed E-state index contributed by atoms with van der Waals surface area (Å²) in [5.41, 5.74) is 0.526. The lowest BCUT2D eigenvalue weighted by Crippen LogP contribution is -2.34. The molecule has 7 heteroatoms. The summed E-state index contributed by atoms with van der Waals surface area (Å²) < 4.78 is 1.90. The number of nitrogens with zero attached hydrogens (tertiary/aromatic N) is 1. The quantitative estimate of drug-likeness (QED) is 0.827. The molecule has 0 spiro atoms. The van der Waals surface area contributed by atoms with Crippen LogP contribution in [0.2, 0.25) is 0 Å². The second-order valence-electron chi connectivity index (χ2n) is 5.83. The van der Waals surface area contributed by atoms with Crippen molar-refractivity contribution in [3.05, 3.63) is 27.1 Å². The largest absolute Gasteiger partial charge is 0.325 e. The predicted molar refractivity (Wildman–Crippen MR) is 94.6 cm³/mol. The average molecular weight is 393 g/mol. The highest BCUT2D eigenvalue weighted by molar-refractivity contribution is 9.10. The number of halogens is 2. The molecule has 124 valence electrons. The lowest BCUT2D eigenvalue weighted by Gasteiger charge is -2.28. The van der Waals surface area contributed by atoms with Gasteiger partial charge in [0, 0.05) is 19.7 Å². The molecule has 1 amide bonds. The molecule has 1 aromatic rings. The van der Waals surface area contributed by atoms with E-state index >= 15 is 0 Å². The highest BCUT2D eigenvalue weighted by atomic mass is 79.9. The first-order valence-electron chi connectivity index (χ1n) is 7.34. The first-order chi connectivity index (χ1) is 9.97. The van der Waals surface area contributed by atoms with Gasteiger partial charge in [0.2, 0.25) is 5.91 Å². The first kappa shape index (κ1) is 19.2. The van der Waals surface area contributed by atoms with Gasteiger partial charge in [0.1, 0.15) is 0 Å². The fourth-order valence-corrected chi connectivity index (χ4v) is 3.30. The summed E-state index contributed by atoms with van der Waals surface area (Å²) in [6.45, 7) is 4.22. The molecule has 2 rings (SSSR count). The molecule has 0 saturated carbocycles. The van der Waals surface area contributed by atoms with E-state index in [1.807, 2.05) is 0 Å². The Morgan fingerprint density at radius 3 is 2.91 bits per heavy atom. The van der Waals surface area contributed by atoms with Crippen LogP contribution in [0.15, 0.2) is 21.5 Å². The molecule has 1 aliphatic rings. The summed E-state index contributed by atoms with van der Waals surface area (Å²) in [6.07, 6.45) is 4.52. The molecule has 1 aliphatic heterocycles. The van der Waals surface area contributed by atoms with E-state index in [4.69, 9.17) is 0 Å². The van der Waals surface area contributed by atoms with Gasteiger partial charge in [0.05, 0.1) is 10.2 Å². The van der Waals surface area contributed by atoms with Gasteiger partial charge in [-0.15, -0.1) is 12.4 Å². The zero-order chi connectivity index (χ0) is 15.4. The van der Waals surface area contributed by atoms with Gasteiger partial charge in [-0.3, -0.25) is 9.59 Å². The smallest absolute Gasteiger partial charge is 0.264 e. The Morgan fingerprint density at radius 2 is 2.32 bits per heavy atom. The molecule has 1 saturated heterocycles. The normalized spacial score (nSPS) is 19.1. The fourth-order valence-electron chi connectivity index (χ4n) is 2.78. The third kappa shape index (κ3) is 5.11. The Labute approximate surface area is 145 Å². The number of hydrogen-bond donors (Lipinski definition) is 2. The van der Waals surface area contributed by atoms with Gasteiger partial charge in [-0.2, -0.15) is 0 Å². The summed E-state index contributed by atoms with van der Waals surface area (Å²) in [6, 6.07) is 1.65. The molecule has 2 atom stereocenters. The van der Waals surface area contributed by atoms with Gasteiger partial charge in [0.15, 0.2) is 0 Å². The summed E-state index contributed by atoms with van der Waals surface area (Å²) in [7, 11) is 1.67. The SMILES string of the molecule is CC(CC(=O)Nc1cc(Br)c(=O)n(C)c1)C1CCCNC1.Cl. The minimum atomic E-state index is -0.116. The van der Waals surface area contributed by atoms with Crippen molar-refractivity contribution in [1.82, 2.24) is 9.88 Å². The van der Waals surface area contributed by atoms with Crippen molar-refractivity contribution in [2.24, 2.45) is 18.9 Å². The second kappa shape index (κ2) is 8.70. The van der Waals surface area contributed by atoms with Crippen LogP contribution >= 0.6 is 28.3 Å². The number of carbonyl (C=O) groups excluding carboxylic acids is 1. The molecule has 0 aromatic carbocycles. The molecule has 2 heterocycles. The van der Waals surface area contributed by atoms with Gasteiger partial charge >= 0.3 is 0 Å². The van der Waals surface area contributed by atoms with Crippen molar-refractivity contribution in [3.63, 3.8) is 0 Å². The summed E-state index contributed by atoms with van der Waals surface area (Å²) in [4.78, 5) is 23.7. The summed E-state index contributed by atoms with van der Waals surface area (Å²) in [5.74, 6) is 0.920. The number of aromatic nitrogens is 1. The minimum Gasteiger partial charge on any atom is -0.325 e. The van der Waals surface area contributed by atoms with Crippen LogP contribution in [0.4, 0.5) is 5.69 Å². The summed E-state index contributed by atoms with van der Waals surface area (Å²) >= 11 is 3.21. The maximum atomic E-state index is 12.1. The van der Waals surface area contributed by atoms with Gasteiger partial charge in [0.25, 0.3) is 5.56 Å². The van der Waals surface area contributed by atoms with E-state index in [1.54, 1.807) is 19.3 Å². The van der Waals surface area contributed by atoms with Crippen LogP contribution in [0.1, 0.15) is 26.2 Å². The number of amides is 1. The van der Waals surface area contributed by atoms with Gasteiger partial charge in [-0.05, 0) is 59.8 Å². The van der Waals surface area contributed by atoms with Crippen LogP contribution < -0.4 is 16.2 Å². The second-order valence-corrected chi connectivity index (χ2v) is 6.68. The van der Waals surface area contributed by atoms with E-state index < -0.39 is 0 Å². The van der Waals surface area contributed by atoms with Crippen molar-refractivity contribution < 1.29 is 4.79 Å². The van der Waals surface area contributed by atoms with Gasteiger partial charge < -0.3 is 15.2 Å². The number of pyridine rings is 1. The summed E-state index contributed by atoms with van der Waals surface area (Å²) in [5, 5.41) is 6.26. The van der Waals surface area contributed by atoms with Gasteiger partial charge in [-0.1, -0.05) is 6.92 Å². The third-order valence-corrected chi connectivity index (χ3v) is 4.64. The molecule has 0 aliphatic carbocycles. The maximum absolute atomic E-state index is 12.1. The van der Waals surface area contributed by atoms with E-state index in [-0.39, 0.29) is 23.9 Å². The minimum absolute atomic E-state index is 0. The Balaban J connectivity index is 0.00000242. The van der Waals surface area contributed by atoms with E-state index in [0.717, 1.165) is 13.1 Å². The number of nitrogens with one attached hydrogen (secondary N) is 2. The lowest BCUT2D eigenvalue weighted by atomic mass is 9.85. The standard InChI is InChI=1S/C15H22BrN3O2.ClH/c1-10(11-4-3-5-17-8-11)6-14(20)18-12-7-13(16)15(21)19(2)9-12;/h7,9-11,17H,3-6,8H2,1-2H3,(H,18,20);1H. The number of rotatable bonds is 4. The van der Waals surface area contributed by atoms with Crippen molar-refractivity contribution in [2.45, 2.75) is 26.2 Å². The predicted octanol–water partition coefficient (Wildman–Crippen LogP) is 2.53. The fraction of sp³-hybridized carbons (Fsp3) is 0.600. The lowest BCUT2D eigenvalue weighted by molar-refractivity contribution is -0.117. The highest BCUT2D eigenvalue weighted by Crippen LogP contribution is 2.23. The molecule has 2 N–H and O–H groups in total. The van der Waals surface area contributed by atoms with Crippen LogP contribution in [-0.2, 0) is 11.8 Å². The number of carbonyl (C=O) groups is 1. The van der Waals surface area contributed by atoms with Crippen LogP contribution in [-0.4, -0.2) is 23.6 Å². The molecule has 0 bridgehead atoms. The highest BCUT2D eigenvalue weighted by Gasteiger charge is 2.22. The Kier molecular flexibility index (Phi) is 7.59. The average Bonchev–Trinajstić information content (AvgIpc) is 2.45. The third-order valence-electron chi connectivity index (χ3n) is 4.07. The number of hydrogen-bond acceptors (Lipinski definition) is 3. The van der Waals surface area contributed by atoms with Crippen LogP contribution in [0.25, 0.3) is 0 Å². The van der Waals surface area contributed by atoms with Crippen molar-refractivity contribution in [3.8, 4) is 0 Å². The molecule has 2 unspecified atom stereocenters. The van der Waals surface area contributed by atoms with Gasteiger partial charge in [-0.25, -0.2) is 0 Å². The van der Waals surface area contributed by atoms with E-state index in [0.29, 0.717) is 28.4 Å². The first-order valence-corrected chi connectivity index (χ1v) is 8.13. The molecule has 1 aromatic heterocycles. The van der Waals surface area contributed by atoms with Crippen molar-refractivity contribution in [1.29, 1.82) is 0 Å². The van der Waals surface area contributed by atoms with E-state index in [9.17, 15) is 9.59 Å². The molecule has 22 heavy (non-hydrogen) atoms. The topological polar surface area (TPSA) is 63.1 Å². The zero-order valence-corrected chi connectivity index (χ0v) is 15.3. The van der Waals surface area contributed by atoms with E-state index in [2.05, 4.69) is 33.5 Å². The zero-order valence-electron chi connectivity index (χ0n) is 12.9. The Morgan fingerprint density at radius 1 is 1.59 bits per heavy atom. The Bertz CT molecular complexity index is 544. The van der Waals surface area contributed by atoms with Crippen LogP contribution in [0, 0.1) is 11.8 Å². The maximum Gasteiger partial charge on any atom is 0.264 e. The molecular formula is C15H23BrClN3O2. The van der Waals surface area contributed by atoms with Crippen molar-refractivity contribution >= 4 is 39.9 Å².